The van der Waals surface area contributed by atoms with Gasteiger partial charge in [0.2, 0.25) is 0 Å². The van der Waals surface area contributed by atoms with Gasteiger partial charge in [-0.3, -0.25) is 4.79 Å². The number of nitrogens with zero attached hydrogens (tertiary/aromatic N) is 2. The second kappa shape index (κ2) is 5.02. The summed E-state index contributed by atoms with van der Waals surface area (Å²) in [6.45, 7) is 1.74. The maximum atomic E-state index is 11.8. The quantitative estimate of drug-likeness (QED) is 0.446. The van der Waals surface area contributed by atoms with Crippen LogP contribution < -0.4 is 0 Å². The number of aryl methyl sites for hydroxylation is 1. The molecule has 82 valence electrons. The van der Waals surface area contributed by atoms with Crippen molar-refractivity contribution >= 4 is 17.5 Å². The third kappa shape index (κ3) is 2.86. The molecule has 0 atom stereocenters. The Balaban J connectivity index is 2.95. The summed E-state index contributed by atoms with van der Waals surface area (Å²) in [6, 6.07) is 0. The van der Waals surface area contributed by atoms with Crippen molar-refractivity contribution in [3.63, 3.8) is 0 Å². The normalized spacial score (nSPS) is 10.9. The van der Waals surface area contributed by atoms with Gasteiger partial charge in [-0.2, -0.15) is 0 Å². The Morgan fingerprint density at radius 1 is 1.53 bits per heavy atom. The van der Waals surface area contributed by atoms with Crippen molar-refractivity contribution in [1.82, 2.24) is 10.1 Å². The molecule has 0 spiro atoms. The van der Waals surface area contributed by atoms with Crippen molar-refractivity contribution in [2.45, 2.75) is 11.9 Å². The lowest BCUT2D eigenvalue weighted by Crippen LogP contribution is -2.04. The van der Waals surface area contributed by atoms with E-state index in [4.69, 9.17) is 4.52 Å². The van der Waals surface area contributed by atoms with Crippen LogP contribution in [0.1, 0.15) is 16.1 Å². The molecule has 0 aliphatic carbocycles. The Kier molecular flexibility index (Phi) is 3.96. The molecule has 4 nitrogen and oxygen atoms in total. The smallest absolute Gasteiger partial charge is 0.193 e. The van der Waals surface area contributed by atoms with Crippen molar-refractivity contribution in [3.8, 4) is 0 Å². The van der Waals surface area contributed by atoms with Gasteiger partial charge in [0, 0.05) is 26.4 Å². The molecule has 0 aliphatic rings. The summed E-state index contributed by atoms with van der Waals surface area (Å²) in [5, 5.41) is 4.44. The number of aromatic nitrogens is 1. The fourth-order valence-electron chi connectivity index (χ4n) is 1.07. The van der Waals surface area contributed by atoms with Crippen LogP contribution in [0.3, 0.4) is 0 Å². The molecule has 0 fully saturated rings. The average Bonchev–Trinajstić information content (AvgIpc) is 2.56. The summed E-state index contributed by atoms with van der Waals surface area (Å²) in [6.07, 6.45) is 5.09. The van der Waals surface area contributed by atoms with Gasteiger partial charge in [-0.05, 0) is 13.2 Å². The zero-order valence-electron chi connectivity index (χ0n) is 9.27. The van der Waals surface area contributed by atoms with E-state index in [0.717, 1.165) is 0 Å². The Morgan fingerprint density at radius 3 is 2.73 bits per heavy atom. The summed E-state index contributed by atoms with van der Waals surface area (Å²) < 4.78 is 4.98. The van der Waals surface area contributed by atoms with E-state index in [1.165, 1.54) is 17.8 Å². The summed E-state index contributed by atoms with van der Waals surface area (Å²) in [5.41, 5.74) is 0.556. The third-order valence-electron chi connectivity index (χ3n) is 1.80. The lowest BCUT2D eigenvalue weighted by atomic mass is 10.2. The predicted molar refractivity (Wildman–Crippen MR) is 60.2 cm³/mol. The Hall–Kier alpha value is -1.23. The lowest BCUT2D eigenvalue weighted by Gasteiger charge is -2.02. The van der Waals surface area contributed by atoms with Gasteiger partial charge in [-0.25, -0.2) is 0 Å². The van der Waals surface area contributed by atoms with Crippen molar-refractivity contribution in [1.29, 1.82) is 0 Å². The molecule has 0 bridgehead atoms. The van der Waals surface area contributed by atoms with Gasteiger partial charge in [-0.1, -0.05) is 5.16 Å². The van der Waals surface area contributed by atoms with E-state index in [-0.39, 0.29) is 5.78 Å². The number of hydrogen-bond donors (Lipinski definition) is 0. The largest absolute Gasteiger partial charge is 0.383 e. The predicted octanol–water partition coefficient (Wildman–Crippen LogP) is 1.96. The minimum Gasteiger partial charge on any atom is -0.383 e. The number of carbonyl (C=O) groups is 1. The molecular weight excluding hydrogens is 212 g/mol. The fraction of sp³-hybridized carbons (Fsp3) is 0.400. The summed E-state index contributed by atoms with van der Waals surface area (Å²) in [5.74, 6) is 0.486. The molecule has 15 heavy (non-hydrogen) atoms. The fourth-order valence-corrected chi connectivity index (χ4v) is 1.63. The molecule has 1 heterocycles. The van der Waals surface area contributed by atoms with Crippen LogP contribution in [-0.2, 0) is 0 Å². The second-order valence-electron chi connectivity index (χ2n) is 3.27. The Bertz CT molecular complexity index is 383. The van der Waals surface area contributed by atoms with E-state index in [1.807, 2.05) is 20.4 Å². The molecule has 0 saturated carbocycles. The molecule has 1 aromatic rings. The van der Waals surface area contributed by atoms with Crippen LogP contribution in [0.25, 0.3) is 0 Å². The molecule has 0 unspecified atom stereocenters. The van der Waals surface area contributed by atoms with Gasteiger partial charge in [0.15, 0.2) is 10.8 Å². The summed E-state index contributed by atoms with van der Waals surface area (Å²) in [7, 11) is 3.72. The number of thioether (sulfide) groups is 1. The highest BCUT2D eigenvalue weighted by Crippen LogP contribution is 2.22. The molecule has 5 heteroatoms. The maximum Gasteiger partial charge on any atom is 0.193 e. The van der Waals surface area contributed by atoms with E-state index >= 15 is 0 Å². The van der Waals surface area contributed by atoms with Gasteiger partial charge in [-0.15, -0.1) is 11.8 Å². The molecule has 1 rings (SSSR count). The lowest BCUT2D eigenvalue weighted by molar-refractivity contribution is 0.104. The van der Waals surface area contributed by atoms with Crippen LogP contribution in [-0.4, -0.2) is 36.2 Å². The maximum absolute atomic E-state index is 11.8. The van der Waals surface area contributed by atoms with E-state index < -0.39 is 0 Å². The minimum absolute atomic E-state index is 0.0770. The summed E-state index contributed by atoms with van der Waals surface area (Å²) in [4.78, 5) is 13.6. The van der Waals surface area contributed by atoms with Crippen LogP contribution in [0.2, 0.25) is 0 Å². The van der Waals surface area contributed by atoms with Crippen molar-refractivity contribution in [3.05, 3.63) is 23.6 Å². The molecule has 0 saturated heterocycles. The van der Waals surface area contributed by atoms with E-state index in [9.17, 15) is 4.79 Å². The monoisotopic (exact) mass is 226 g/mol. The van der Waals surface area contributed by atoms with E-state index in [2.05, 4.69) is 5.16 Å². The minimum atomic E-state index is -0.0770. The van der Waals surface area contributed by atoms with Crippen LogP contribution in [0.4, 0.5) is 0 Å². The molecule has 0 radical (unpaired) electrons. The summed E-state index contributed by atoms with van der Waals surface area (Å²) >= 11 is 1.41. The first kappa shape index (κ1) is 11.8. The van der Waals surface area contributed by atoms with Crippen LogP contribution >= 0.6 is 11.8 Å². The highest BCUT2D eigenvalue weighted by molar-refractivity contribution is 7.98. The first-order valence-corrected chi connectivity index (χ1v) is 5.68. The van der Waals surface area contributed by atoms with Crippen LogP contribution in [0.15, 0.2) is 21.8 Å². The van der Waals surface area contributed by atoms with E-state index in [1.54, 1.807) is 18.0 Å². The van der Waals surface area contributed by atoms with Gasteiger partial charge in [0.05, 0.1) is 5.56 Å². The Labute approximate surface area is 93.3 Å². The number of allylic oxidation sites excluding steroid dienone is 1. The van der Waals surface area contributed by atoms with Gasteiger partial charge in [0.25, 0.3) is 0 Å². The van der Waals surface area contributed by atoms with Gasteiger partial charge in [0.1, 0.15) is 5.76 Å². The first-order chi connectivity index (χ1) is 7.06. The van der Waals surface area contributed by atoms with Crippen molar-refractivity contribution in [2.24, 2.45) is 0 Å². The number of hydrogen-bond acceptors (Lipinski definition) is 5. The Morgan fingerprint density at radius 2 is 2.20 bits per heavy atom. The second-order valence-corrected chi connectivity index (χ2v) is 4.06. The standard InChI is InChI=1S/C10H14N2O2S/c1-7-9(10(15-4)11-14-7)8(13)5-6-12(2)3/h5-6H,1-4H3. The zero-order valence-corrected chi connectivity index (χ0v) is 10.1. The van der Waals surface area contributed by atoms with Gasteiger partial charge < -0.3 is 9.42 Å². The topological polar surface area (TPSA) is 46.3 Å². The first-order valence-electron chi connectivity index (χ1n) is 4.45. The molecule has 0 aromatic carbocycles. The number of carbonyl (C=O) groups excluding carboxylic acids is 1. The SMILES string of the molecule is CSc1noc(C)c1C(=O)C=CN(C)C. The van der Waals surface area contributed by atoms with Crippen LogP contribution in [0.5, 0.6) is 0 Å². The van der Waals surface area contributed by atoms with Crippen molar-refractivity contribution < 1.29 is 9.32 Å². The molecule has 1 aromatic heterocycles. The zero-order chi connectivity index (χ0) is 11.4. The molecule has 0 amide bonds. The molecule has 0 aliphatic heterocycles. The van der Waals surface area contributed by atoms with E-state index in [0.29, 0.717) is 16.3 Å². The highest BCUT2D eigenvalue weighted by Gasteiger charge is 2.17. The van der Waals surface area contributed by atoms with Crippen LogP contribution in [0, 0.1) is 6.92 Å². The number of ketones is 1. The number of rotatable bonds is 4. The highest BCUT2D eigenvalue weighted by atomic mass is 32.2. The third-order valence-corrected chi connectivity index (χ3v) is 2.46. The molecule has 0 N–H and O–H groups in total. The van der Waals surface area contributed by atoms with Crippen molar-refractivity contribution in [2.75, 3.05) is 20.4 Å². The van der Waals surface area contributed by atoms with Gasteiger partial charge >= 0.3 is 0 Å². The average molecular weight is 226 g/mol. The molecular formula is C10H14N2O2S.